The van der Waals surface area contributed by atoms with Crippen LogP contribution in [0.1, 0.15) is 39.0 Å². The van der Waals surface area contributed by atoms with Crippen LogP contribution < -0.4 is 4.90 Å². The highest BCUT2D eigenvalue weighted by atomic mass is 16.6. The predicted octanol–water partition coefficient (Wildman–Crippen LogP) is 3.54. The summed E-state index contributed by atoms with van der Waals surface area (Å²) in [5.74, 6) is 0.673. The van der Waals surface area contributed by atoms with Crippen LogP contribution in [-0.4, -0.2) is 28.7 Å². The normalized spacial score (nSPS) is 11.0. The SMILES string of the molecule is CCCCCCCN(C)c1ncc([N+](=O)[O-])c2oncc12. The third-order valence-electron chi connectivity index (χ3n) is 3.51. The Bertz CT molecular complexity index is 611. The second kappa shape index (κ2) is 7.01. The molecule has 0 amide bonds. The summed E-state index contributed by atoms with van der Waals surface area (Å²) in [5.41, 5.74) is 0.0328. The van der Waals surface area contributed by atoms with Crippen molar-refractivity contribution >= 4 is 22.5 Å². The van der Waals surface area contributed by atoms with Crippen LogP contribution in [0.4, 0.5) is 11.5 Å². The lowest BCUT2D eigenvalue weighted by Crippen LogP contribution is -2.20. The maximum absolute atomic E-state index is 10.9. The Labute approximate surface area is 123 Å². The second-order valence-electron chi connectivity index (χ2n) is 5.13. The van der Waals surface area contributed by atoms with Gasteiger partial charge in [0.1, 0.15) is 12.0 Å². The molecule has 21 heavy (non-hydrogen) atoms. The van der Waals surface area contributed by atoms with E-state index in [1.165, 1.54) is 38.1 Å². The van der Waals surface area contributed by atoms with Gasteiger partial charge in [-0.3, -0.25) is 10.1 Å². The first-order valence-corrected chi connectivity index (χ1v) is 7.24. The van der Waals surface area contributed by atoms with Gasteiger partial charge in [-0.25, -0.2) is 4.98 Å². The minimum Gasteiger partial charge on any atom is -0.359 e. The third kappa shape index (κ3) is 3.48. The van der Waals surface area contributed by atoms with Gasteiger partial charge in [0, 0.05) is 13.6 Å². The first kappa shape index (κ1) is 15.2. The smallest absolute Gasteiger partial charge is 0.333 e. The number of unbranched alkanes of at least 4 members (excludes halogenated alkanes) is 4. The molecule has 0 N–H and O–H groups in total. The monoisotopic (exact) mass is 292 g/mol. The van der Waals surface area contributed by atoms with Crippen molar-refractivity contribution in [2.45, 2.75) is 39.0 Å². The molecule has 0 saturated carbocycles. The van der Waals surface area contributed by atoms with Gasteiger partial charge in [0.2, 0.25) is 5.58 Å². The van der Waals surface area contributed by atoms with Gasteiger partial charge in [0.15, 0.2) is 0 Å². The number of nitrogens with zero attached hydrogens (tertiary/aromatic N) is 4. The van der Waals surface area contributed by atoms with Crippen molar-refractivity contribution in [2.24, 2.45) is 0 Å². The van der Waals surface area contributed by atoms with Gasteiger partial charge in [-0.1, -0.05) is 37.8 Å². The number of nitro groups is 1. The van der Waals surface area contributed by atoms with Crippen molar-refractivity contribution in [2.75, 3.05) is 18.5 Å². The van der Waals surface area contributed by atoms with E-state index in [1.807, 2.05) is 11.9 Å². The number of aromatic nitrogens is 2. The van der Waals surface area contributed by atoms with Gasteiger partial charge in [-0.05, 0) is 6.42 Å². The topological polar surface area (TPSA) is 85.3 Å². The van der Waals surface area contributed by atoms with Gasteiger partial charge in [-0.15, -0.1) is 0 Å². The van der Waals surface area contributed by atoms with E-state index in [4.69, 9.17) is 4.52 Å². The van der Waals surface area contributed by atoms with Crippen molar-refractivity contribution in [3.05, 3.63) is 22.5 Å². The fraction of sp³-hybridized carbons (Fsp3) is 0.571. The zero-order valence-electron chi connectivity index (χ0n) is 12.4. The molecule has 0 spiro atoms. The molecule has 7 nitrogen and oxygen atoms in total. The number of rotatable bonds is 8. The predicted molar refractivity (Wildman–Crippen MR) is 80.5 cm³/mol. The van der Waals surface area contributed by atoms with E-state index < -0.39 is 4.92 Å². The summed E-state index contributed by atoms with van der Waals surface area (Å²) in [6.07, 6.45) is 8.69. The third-order valence-corrected chi connectivity index (χ3v) is 3.51. The molecule has 0 radical (unpaired) electrons. The molecule has 2 heterocycles. The van der Waals surface area contributed by atoms with Crippen LogP contribution in [-0.2, 0) is 0 Å². The Morgan fingerprint density at radius 1 is 1.29 bits per heavy atom. The van der Waals surface area contributed by atoms with Crippen molar-refractivity contribution in [3.8, 4) is 0 Å². The molecule has 7 heteroatoms. The largest absolute Gasteiger partial charge is 0.359 e. The first-order chi connectivity index (χ1) is 10.1. The average Bonchev–Trinajstić information content (AvgIpc) is 2.94. The quantitative estimate of drug-likeness (QED) is 0.420. The molecule has 0 fully saturated rings. The molecule has 2 aromatic rings. The number of hydrogen-bond acceptors (Lipinski definition) is 6. The van der Waals surface area contributed by atoms with Crippen molar-refractivity contribution in [1.29, 1.82) is 0 Å². The van der Waals surface area contributed by atoms with Gasteiger partial charge < -0.3 is 9.42 Å². The minimum atomic E-state index is -0.505. The zero-order chi connectivity index (χ0) is 15.2. The number of anilines is 1. The summed E-state index contributed by atoms with van der Waals surface area (Å²) in [5, 5.41) is 15.2. The van der Waals surface area contributed by atoms with E-state index in [0.717, 1.165) is 13.0 Å². The first-order valence-electron chi connectivity index (χ1n) is 7.24. The molecule has 2 aromatic heterocycles. The maximum atomic E-state index is 10.9. The molecule has 0 aromatic carbocycles. The number of pyridine rings is 1. The van der Waals surface area contributed by atoms with Crippen molar-refractivity contribution < 1.29 is 9.45 Å². The Morgan fingerprint density at radius 3 is 2.76 bits per heavy atom. The van der Waals surface area contributed by atoms with Crippen LogP contribution >= 0.6 is 0 Å². The molecule has 0 atom stereocenters. The van der Waals surface area contributed by atoms with Crippen molar-refractivity contribution in [1.82, 2.24) is 10.1 Å². The molecular weight excluding hydrogens is 272 g/mol. The van der Waals surface area contributed by atoms with Crippen LogP contribution in [0.2, 0.25) is 0 Å². The van der Waals surface area contributed by atoms with Crippen LogP contribution in [0.3, 0.4) is 0 Å². The standard InChI is InChI=1S/C14H20N4O3/c1-3-4-5-6-7-8-17(2)14-11-9-16-21-13(11)12(10-15-14)18(19)20/h9-10H,3-8H2,1-2H3. The van der Waals surface area contributed by atoms with Crippen LogP contribution in [0.25, 0.3) is 11.0 Å². The molecule has 2 rings (SSSR count). The molecule has 0 saturated heterocycles. The fourth-order valence-electron chi connectivity index (χ4n) is 2.33. The Hall–Kier alpha value is -2.18. The second-order valence-corrected chi connectivity index (χ2v) is 5.13. The lowest BCUT2D eigenvalue weighted by Gasteiger charge is -2.18. The van der Waals surface area contributed by atoms with Gasteiger partial charge >= 0.3 is 5.69 Å². The Balaban J connectivity index is 2.09. The molecular formula is C14H20N4O3. The highest BCUT2D eigenvalue weighted by Gasteiger charge is 2.21. The summed E-state index contributed by atoms with van der Waals surface area (Å²) in [4.78, 5) is 16.6. The maximum Gasteiger partial charge on any atom is 0.333 e. The average molecular weight is 292 g/mol. The molecule has 0 aliphatic heterocycles. The van der Waals surface area contributed by atoms with Crippen LogP contribution in [0.5, 0.6) is 0 Å². The van der Waals surface area contributed by atoms with E-state index in [0.29, 0.717) is 11.2 Å². The van der Waals surface area contributed by atoms with Crippen LogP contribution in [0.15, 0.2) is 16.9 Å². The lowest BCUT2D eigenvalue weighted by atomic mass is 10.1. The number of fused-ring (bicyclic) bond motifs is 1. The van der Waals surface area contributed by atoms with Gasteiger partial charge in [0.25, 0.3) is 0 Å². The van der Waals surface area contributed by atoms with E-state index in [9.17, 15) is 10.1 Å². The van der Waals surface area contributed by atoms with E-state index in [-0.39, 0.29) is 11.3 Å². The summed E-state index contributed by atoms with van der Waals surface area (Å²) in [6, 6.07) is 0. The molecule has 0 bridgehead atoms. The molecule has 0 aliphatic carbocycles. The van der Waals surface area contributed by atoms with E-state index >= 15 is 0 Å². The minimum absolute atomic E-state index is 0.150. The number of hydrogen-bond donors (Lipinski definition) is 0. The summed E-state index contributed by atoms with van der Waals surface area (Å²) < 4.78 is 5.00. The van der Waals surface area contributed by atoms with Crippen LogP contribution in [0, 0.1) is 10.1 Å². The Kier molecular flexibility index (Phi) is 5.08. The molecule has 0 unspecified atom stereocenters. The Morgan fingerprint density at radius 2 is 2.05 bits per heavy atom. The van der Waals surface area contributed by atoms with Gasteiger partial charge in [0.05, 0.1) is 16.5 Å². The molecule has 114 valence electrons. The highest BCUT2D eigenvalue weighted by molar-refractivity contribution is 5.93. The summed E-state index contributed by atoms with van der Waals surface area (Å²) in [7, 11) is 1.93. The molecule has 0 aliphatic rings. The zero-order valence-corrected chi connectivity index (χ0v) is 12.4. The van der Waals surface area contributed by atoms with Crippen molar-refractivity contribution in [3.63, 3.8) is 0 Å². The highest BCUT2D eigenvalue weighted by Crippen LogP contribution is 2.30. The van der Waals surface area contributed by atoms with E-state index in [1.54, 1.807) is 0 Å². The lowest BCUT2D eigenvalue weighted by molar-refractivity contribution is -0.384. The van der Waals surface area contributed by atoms with Gasteiger partial charge in [-0.2, -0.15) is 0 Å². The summed E-state index contributed by atoms with van der Waals surface area (Å²) >= 11 is 0. The summed E-state index contributed by atoms with van der Waals surface area (Å²) in [6.45, 7) is 3.05. The fourth-order valence-corrected chi connectivity index (χ4v) is 2.33. The van der Waals surface area contributed by atoms with E-state index in [2.05, 4.69) is 17.1 Å².